The molecule has 2 rings (SSSR count). The highest BCUT2D eigenvalue weighted by molar-refractivity contribution is 9.10. The number of aryl methyl sites for hydroxylation is 1. The first-order valence-corrected chi connectivity index (χ1v) is 5.51. The highest BCUT2D eigenvalue weighted by Crippen LogP contribution is 2.20. The molecule has 1 aromatic heterocycles. The van der Waals surface area contributed by atoms with Gasteiger partial charge in [0, 0.05) is 22.3 Å². The topological polar surface area (TPSA) is 54.7 Å². The van der Waals surface area contributed by atoms with E-state index in [-0.39, 0.29) is 0 Å². The molecule has 0 spiro atoms. The van der Waals surface area contributed by atoms with Crippen LogP contribution in [0.2, 0.25) is 0 Å². The maximum absolute atomic E-state index is 5.58. The molecule has 0 aliphatic rings. The summed E-state index contributed by atoms with van der Waals surface area (Å²) in [7, 11) is 0. The molecular formula is C11H12BrN3. The van der Waals surface area contributed by atoms with Gasteiger partial charge in [0.05, 0.1) is 5.69 Å². The Morgan fingerprint density at radius 1 is 1.33 bits per heavy atom. The van der Waals surface area contributed by atoms with Gasteiger partial charge in [-0.15, -0.1) is 0 Å². The average molecular weight is 266 g/mol. The van der Waals surface area contributed by atoms with Gasteiger partial charge in [-0.1, -0.05) is 28.1 Å². The fourth-order valence-corrected chi connectivity index (χ4v) is 1.70. The minimum absolute atomic E-state index is 0.471. The van der Waals surface area contributed by atoms with E-state index in [1.807, 2.05) is 31.2 Å². The lowest BCUT2D eigenvalue weighted by Crippen LogP contribution is -1.98. The quantitative estimate of drug-likeness (QED) is 0.877. The van der Waals surface area contributed by atoms with Crippen LogP contribution in [0.1, 0.15) is 11.4 Å². The summed E-state index contributed by atoms with van der Waals surface area (Å²) in [6.45, 7) is 2.45. The SMILES string of the molecule is Cc1[nH]c(-c2ccc(Br)cc2)nc1CN. The molecule has 1 heterocycles. The number of H-pyrrole nitrogens is 1. The zero-order valence-electron chi connectivity index (χ0n) is 8.42. The summed E-state index contributed by atoms with van der Waals surface area (Å²) in [4.78, 5) is 7.66. The zero-order chi connectivity index (χ0) is 10.8. The van der Waals surface area contributed by atoms with E-state index in [9.17, 15) is 0 Å². The largest absolute Gasteiger partial charge is 0.342 e. The predicted octanol–water partition coefficient (Wildman–Crippen LogP) is 2.61. The zero-order valence-corrected chi connectivity index (χ0v) is 10.0. The third-order valence-corrected chi connectivity index (χ3v) is 2.83. The van der Waals surface area contributed by atoms with Crippen molar-refractivity contribution in [1.29, 1.82) is 0 Å². The molecule has 3 nitrogen and oxygen atoms in total. The number of nitrogens with zero attached hydrogens (tertiary/aromatic N) is 1. The summed E-state index contributed by atoms with van der Waals surface area (Å²) in [5.74, 6) is 0.875. The fourth-order valence-electron chi connectivity index (χ4n) is 1.44. The first kappa shape index (κ1) is 10.4. The standard InChI is InChI=1S/C11H12BrN3/c1-7-10(6-13)15-11(14-7)8-2-4-9(12)5-3-8/h2-5H,6,13H2,1H3,(H,14,15). The second kappa shape index (κ2) is 4.16. The Bertz CT molecular complexity index is 459. The van der Waals surface area contributed by atoms with Gasteiger partial charge in [-0.05, 0) is 19.1 Å². The number of halogens is 1. The normalized spacial score (nSPS) is 10.6. The van der Waals surface area contributed by atoms with Crippen LogP contribution in [0.5, 0.6) is 0 Å². The minimum atomic E-state index is 0.471. The number of hydrogen-bond acceptors (Lipinski definition) is 2. The van der Waals surface area contributed by atoms with Gasteiger partial charge in [-0.3, -0.25) is 0 Å². The summed E-state index contributed by atoms with van der Waals surface area (Å²) < 4.78 is 1.06. The number of nitrogens with one attached hydrogen (secondary N) is 1. The van der Waals surface area contributed by atoms with Crippen molar-refractivity contribution in [1.82, 2.24) is 9.97 Å². The number of imidazole rings is 1. The average Bonchev–Trinajstić information content (AvgIpc) is 2.61. The van der Waals surface area contributed by atoms with Crippen LogP contribution in [0.15, 0.2) is 28.7 Å². The van der Waals surface area contributed by atoms with Crippen LogP contribution in [-0.2, 0) is 6.54 Å². The van der Waals surface area contributed by atoms with Crippen molar-refractivity contribution >= 4 is 15.9 Å². The molecule has 4 heteroatoms. The van der Waals surface area contributed by atoms with Crippen LogP contribution in [0.25, 0.3) is 11.4 Å². The summed E-state index contributed by atoms with van der Waals surface area (Å²) in [6, 6.07) is 8.02. The molecule has 1 aromatic carbocycles. The third-order valence-electron chi connectivity index (χ3n) is 2.30. The molecule has 0 amide bonds. The molecule has 0 radical (unpaired) electrons. The van der Waals surface area contributed by atoms with Crippen molar-refractivity contribution in [3.8, 4) is 11.4 Å². The Balaban J connectivity index is 2.41. The molecule has 0 aliphatic heterocycles. The van der Waals surface area contributed by atoms with Crippen LogP contribution in [0.4, 0.5) is 0 Å². The van der Waals surface area contributed by atoms with Gasteiger partial charge < -0.3 is 10.7 Å². The smallest absolute Gasteiger partial charge is 0.137 e. The third kappa shape index (κ3) is 2.11. The van der Waals surface area contributed by atoms with Crippen molar-refractivity contribution < 1.29 is 0 Å². The lowest BCUT2D eigenvalue weighted by atomic mass is 10.2. The van der Waals surface area contributed by atoms with E-state index in [1.165, 1.54) is 0 Å². The Morgan fingerprint density at radius 2 is 2.00 bits per heavy atom. The second-order valence-corrected chi connectivity index (χ2v) is 4.28. The molecule has 2 aromatic rings. The Hall–Kier alpha value is -1.13. The van der Waals surface area contributed by atoms with E-state index in [0.717, 1.165) is 27.2 Å². The summed E-state index contributed by atoms with van der Waals surface area (Å²) in [5, 5.41) is 0. The van der Waals surface area contributed by atoms with Gasteiger partial charge in [0.2, 0.25) is 0 Å². The summed E-state index contributed by atoms with van der Waals surface area (Å²) in [5.41, 5.74) is 8.61. The molecule has 0 saturated heterocycles. The van der Waals surface area contributed by atoms with E-state index in [2.05, 4.69) is 25.9 Å². The van der Waals surface area contributed by atoms with E-state index < -0.39 is 0 Å². The molecule has 78 valence electrons. The lowest BCUT2D eigenvalue weighted by Gasteiger charge is -1.96. The number of aromatic nitrogens is 2. The molecule has 15 heavy (non-hydrogen) atoms. The molecule has 3 N–H and O–H groups in total. The number of rotatable bonds is 2. The van der Waals surface area contributed by atoms with Gasteiger partial charge in [-0.2, -0.15) is 0 Å². The molecule has 0 bridgehead atoms. The Morgan fingerprint density at radius 3 is 2.53 bits per heavy atom. The van der Waals surface area contributed by atoms with Crippen molar-refractivity contribution in [3.05, 3.63) is 40.1 Å². The highest BCUT2D eigenvalue weighted by Gasteiger charge is 2.06. The first-order chi connectivity index (χ1) is 7.20. The van der Waals surface area contributed by atoms with E-state index in [4.69, 9.17) is 5.73 Å². The highest BCUT2D eigenvalue weighted by atomic mass is 79.9. The van der Waals surface area contributed by atoms with Crippen molar-refractivity contribution in [2.45, 2.75) is 13.5 Å². The maximum atomic E-state index is 5.58. The molecule has 0 fully saturated rings. The van der Waals surface area contributed by atoms with Crippen LogP contribution >= 0.6 is 15.9 Å². The van der Waals surface area contributed by atoms with Gasteiger partial charge >= 0.3 is 0 Å². The van der Waals surface area contributed by atoms with Crippen molar-refractivity contribution in [2.75, 3.05) is 0 Å². The molecule has 0 aliphatic carbocycles. The Labute approximate surface area is 96.9 Å². The summed E-state index contributed by atoms with van der Waals surface area (Å²) in [6.07, 6.45) is 0. The van der Waals surface area contributed by atoms with Crippen LogP contribution < -0.4 is 5.73 Å². The van der Waals surface area contributed by atoms with E-state index in [1.54, 1.807) is 0 Å². The number of benzene rings is 1. The fraction of sp³-hybridized carbons (Fsp3) is 0.182. The number of aromatic amines is 1. The number of nitrogens with two attached hydrogens (primary N) is 1. The monoisotopic (exact) mass is 265 g/mol. The molecule has 0 atom stereocenters. The van der Waals surface area contributed by atoms with Crippen molar-refractivity contribution in [2.24, 2.45) is 5.73 Å². The van der Waals surface area contributed by atoms with Gasteiger partial charge in [-0.25, -0.2) is 4.98 Å². The van der Waals surface area contributed by atoms with Crippen LogP contribution in [0.3, 0.4) is 0 Å². The second-order valence-electron chi connectivity index (χ2n) is 3.37. The van der Waals surface area contributed by atoms with E-state index in [0.29, 0.717) is 6.54 Å². The lowest BCUT2D eigenvalue weighted by molar-refractivity contribution is 0.993. The van der Waals surface area contributed by atoms with Gasteiger partial charge in [0.15, 0.2) is 0 Å². The maximum Gasteiger partial charge on any atom is 0.137 e. The predicted molar refractivity (Wildman–Crippen MR) is 64.4 cm³/mol. The van der Waals surface area contributed by atoms with Gasteiger partial charge in [0.25, 0.3) is 0 Å². The Kier molecular flexibility index (Phi) is 2.88. The molecule has 0 saturated carbocycles. The van der Waals surface area contributed by atoms with Crippen molar-refractivity contribution in [3.63, 3.8) is 0 Å². The van der Waals surface area contributed by atoms with Crippen LogP contribution in [-0.4, -0.2) is 9.97 Å². The van der Waals surface area contributed by atoms with E-state index >= 15 is 0 Å². The molecular weight excluding hydrogens is 254 g/mol. The first-order valence-electron chi connectivity index (χ1n) is 4.72. The summed E-state index contributed by atoms with van der Waals surface area (Å²) >= 11 is 3.40. The van der Waals surface area contributed by atoms with Gasteiger partial charge in [0.1, 0.15) is 5.82 Å². The van der Waals surface area contributed by atoms with Crippen LogP contribution in [0, 0.1) is 6.92 Å². The minimum Gasteiger partial charge on any atom is -0.342 e. The molecule has 0 unspecified atom stereocenters. The number of hydrogen-bond donors (Lipinski definition) is 2.